The van der Waals surface area contributed by atoms with Crippen molar-refractivity contribution in [1.29, 1.82) is 0 Å². The zero-order chi connectivity index (χ0) is 13.5. The van der Waals surface area contributed by atoms with Gasteiger partial charge in [0.05, 0.1) is 12.6 Å². The maximum atomic E-state index is 9.81. The Kier molecular flexibility index (Phi) is 5.66. The molecule has 19 heavy (non-hydrogen) atoms. The van der Waals surface area contributed by atoms with Crippen LogP contribution < -0.4 is 10.6 Å². The van der Waals surface area contributed by atoms with Gasteiger partial charge in [-0.2, -0.15) is 0 Å². The predicted octanol–water partition coefficient (Wildman–Crippen LogP) is 1.96. The first-order chi connectivity index (χ1) is 9.29. The number of aliphatic hydroxyl groups excluding tert-OH is 1. The van der Waals surface area contributed by atoms with Gasteiger partial charge >= 0.3 is 0 Å². The number of hydrogen-bond donors (Lipinski definition) is 3. The maximum Gasteiger partial charge on any atom is 0.191 e. The Hall–Kier alpha value is -1.07. The van der Waals surface area contributed by atoms with Gasteiger partial charge in [-0.3, -0.25) is 0 Å². The van der Waals surface area contributed by atoms with Crippen LogP contribution in [0.25, 0.3) is 0 Å². The van der Waals surface area contributed by atoms with Crippen LogP contribution in [0.1, 0.15) is 31.1 Å². The Balaban J connectivity index is 1.83. The minimum Gasteiger partial charge on any atom is -0.393 e. The summed E-state index contributed by atoms with van der Waals surface area (Å²) < 4.78 is 0. The molecule has 1 aliphatic carbocycles. The van der Waals surface area contributed by atoms with Gasteiger partial charge in [0.1, 0.15) is 0 Å². The van der Waals surface area contributed by atoms with Crippen molar-refractivity contribution in [2.45, 2.75) is 38.8 Å². The average Bonchev–Trinajstić information content (AvgIpc) is 3.04. The molecule has 2 atom stereocenters. The standard InChI is InChI=1S/C14H23N3OS/c1-2-15-14(17-10-12-6-4-8-19-12)16-9-11-5-3-7-13(11)18/h4,6,8,11,13,18H,2-3,5,7,9-10H2,1H3,(H2,15,16,17). The van der Waals surface area contributed by atoms with Crippen LogP contribution in [-0.4, -0.2) is 30.3 Å². The van der Waals surface area contributed by atoms with E-state index < -0.39 is 0 Å². The molecule has 1 aliphatic rings. The molecule has 1 fully saturated rings. The van der Waals surface area contributed by atoms with Gasteiger partial charge in [0.15, 0.2) is 5.96 Å². The first-order valence-corrected chi connectivity index (χ1v) is 7.90. The summed E-state index contributed by atoms with van der Waals surface area (Å²) in [7, 11) is 0. The van der Waals surface area contributed by atoms with Crippen LogP contribution in [0.2, 0.25) is 0 Å². The highest BCUT2D eigenvalue weighted by atomic mass is 32.1. The van der Waals surface area contributed by atoms with E-state index in [0.29, 0.717) is 12.5 Å². The molecule has 3 N–H and O–H groups in total. The molecular formula is C14H23N3OS. The van der Waals surface area contributed by atoms with E-state index in [4.69, 9.17) is 0 Å². The summed E-state index contributed by atoms with van der Waals surface area (Å²) >= 11 is 1.72. The summed E-state index contributed by atoms with van der Waals surface area (Å²) in [5, 5.41) is 18.5. The van der Waals surface area contributed by atoms with E-state index in [1.54, 1.807) is 11.3 Å². The van der Waals surface area contributed by atoms with Gasteiger partial charge in [-0.05, 0) is 31.2 Å². The van der Waals surface area contributed by atoms with E-state index in [9.17, 15) is 5.11 Å². The SMILES string of the molecule is CCNC(=NCc1cccs1)NCC1CCCC1O. The van der Waals surface area contributed by atoms with Crippen molar-refractivity contribution in [2.75, 3.05) is 13.1 Å². The first kappa shape index (κ1) is 14.3. The fourth-order valence-corrected chi connectivity index (χ4v) is 3.01. The van der Waals surface area contributed by atoms with Crippen molar-refractivity contribution in [1.82, 2.24) is 10.6 Å². The number of aliphatic hydroxyl groups is 1. The molecule has 0 bridgehead atoms. The minimum absolute atomic E-state index is 0.146. The largest absolute Gasteiger partial charge is 0.393 e. The zero-order valence-electron chi connectivity index (χ0n) is 11.4. The number of guanidine groups is 1. The van der Waals surface area contributed by atoms with Crippen molar-refractivity contribution in [2.24, 2.45) is 10.9 Å². The molecule has 0 aliphatic heterocycles. The van der Waals surface area contributed by atoms with Gasteiger partial charge in [0.2, 0.25) is 0 Å². The summed E-state index contributed by atoms with van der Waals surface area (Å²) in [4.78, 5) is 5.83. The third-order valence-corrected chi connectivity index (χ3v) is 4.33. The number of nitrogens with zero attached hydrogens (tertiary/aromatic N) is 1. The molecule has 0 spiro atoms. The van der Waals surface area contributed by atoms with E-state index in [2.05, 4.69) is 34.0 Å². The van der Waals surface area contributed by atoms with Crippen LogP contribution in [-0.2, 0) is 6.54 Å². The lowest BCUT2D eigenvalue weighted by atomic mass is 10.1. The molecule has 2 unspecified atom stereocenters. The van der Waals surface area contributed by atoms with Gasteiger partial charge in [-0.15, -0.1) is 11.3 Å². The normalized spacial score (nSPS) is 23.6. The molecule has 0 aromatic carbocycles. The monoisotopic (exact) mass is 281 g/mol. The van der Waals surface area contributed by atoms with Gasteiger partial charge in [0, 0.05) is 23.9 Å². The second-order valence-corrected chi connectivity index (χ2v) is 5.95. The smallest absolute Gasteiger partial charge is 0.191 e. The Morgan fingerprint density at radius 2 is 2.37 bits per heavy atom. The molecule has 106 valence electrons. The molecule has 2 rings (SSSR count). The highest BCUT2D eigenvalue weighted by Crippen LogP contribution is 2.24. The van der Waals surface area contributed by atoms with Crippen LogP contribution in [0.5, 0.6) is 0 Å². The Bertz CT molecular complexity index is 391. The fourth-order valence-electron chi connectivity index (χ4n) is 2.38. The summed E-state index contributed by atoms with van der Waals surface area (Å²) in [5.74, 6) is 1.21. The summed E-state index contributed by atoms with van der Waals surface area (Å²) in [6, 6.07) is 4.14. The molecule has 4 nitrogen and oxygen atoms in total. The van der Waals surface area contributed by atoms with Crippen LogP contribution in [0.4, 0.5) is 0 Å². The minimum atomic E-state index is -0.146. The van der Waals surface area contributed by atoms with E-state index >= 15 is 0 Å². The quantitative estimate of drug-likeness (QED) is 0.571. The number of aliphatic imine (C=N–C) groups is 1. The second-order valence-electron chi connectivity index (χ2n) is 4.91. The lowest BCUT2D eigenvalue weighted by Crippen LogP contribution is -2.41. The van der Waals surface area contributed by atoms with Gasteiger partial charge < -0.3 is 15.7 Å². The third kappa shape index (κ3) is 4.51. The predicted molar refractivity (Wildman–Crippen MR) is 80.5 cm³/mol. The third-order valence-electron chi connectivity index (χ3n) is 3.47. The molecule has 0 amide bonds. The van der Waals surface area contributed by atoms with E-state index in [1.165, 1.54) is 4.88 Å². The maximum absolute atomic E-state index is 9.81. The zero-order valence-corrected chi connectivity index (χ0v) is 12.2. The van der Waals surface area contributed by atoms with E-state index in [1.807, 2.05) is 6.07 Å². The molecular weight excluding hydrogens is 258 g/mol. The second kappa shape index (κ2) is 7.50. The number of thiophene rings is 1. The molecule has 0 radical (unpaired) electrons. The Morgan fingerprint density at radius 3 is 3.00 bits per heavy atom. The van der Waals surface area contributed by atoms with E-state index in [-0.39, 0.29) is 6.10 Å². The molecule has 5 heteroatoms. The first-order valence-electron chi connectivity index (χ1n) is 7.02. The number of nitrogens with one attached hydrogen (secondary N) is 2. The van der Waals surface area contributed by atoms with Crippen LogP contribution in [0.15, 0.2) is 22.5 Å². The topological polar surface area (TPSA) is 56.7 Å². The fraction of sp³-hybridized carbons (Fsp3) is 0.643. The lowest BCUT2D eigenvalue weighted by Gasteiger charge is -2.17. The summed E-state index contributed by atoms with van der Waals surface area (Å²) in [6.45, 7) is 4.42. The van der Waals surface area contributed by atoms with Gasteiger partial charge in [0.25, 0.3) is 0 Å². The molecule has 1 heterocycles. The molecule has 0 saturated heterocycles. The summed E-state index contributed by atoms with van der Waals surface area (Å²) in [5.41, 5.74) is 0. The highest BCUT2D eigenvalue weighted by molar-refractivity contribution is 7.09. The Labute approximate surface area is 119 Å². The van der Waals surface area contributed by atoms with Crippen molar-refractivity contribution in [3.05, 3.63) is 22.4 Å². The van der Waals surface area contributed by atoms with E-state index in [0.717, 1.165) is 38.3 Å². The lowest BCUT2D eigenvalue weighted by molar-refractivity contribution is 0.134. The number of rotatable bonds is 5. The Morgan fingerprint density at radius 1 is 1.47 bits per heavy atom. The molecule has 1 aromatic heterocycles. The highest BCUT2D eigenvalue weighted by Gasteiger charge is 2.24. The van der Waals surface area contributed by atoms with Crippen LogP contribution in [0.3, 0.4) is 0 Å². The van der Waals surface area contributed by atoms with Crippen molar-refractivity contribution >= 4 is 17.3 Å². The van der Waals surface area contributed by atoms with Gasteiger partial charge in [-0.25, -0.2) is 4.99 Å². The summed E-state index contributed by atoms with van der Waals surface area (Å²) in [6.07, 6.45) is 3.04. The van der Waals surface area contributed by atoms with Crippen LogP contribution >= 0.6 is 11.3 Å². The molecule has 1 saturated carbocycles. The average molecular weight is 281 g/mol. The number of hydrogen-bond acceptors (Lipinski definition) is 3. The van der Waals surface area contributed by atoms with Gasteiger partial charge in [-0.1, -0.05) is 12.5 Å². The van der Waals surface area contributed by atoms with Crippen molar-refractivity contribution < 1.29 is 5.11 Å². The van der Waals surface area contributed by atoms with Crippen molar-refractivity contribution in [3.63, 3.8) is 0 Å². The van der Waals surface area contributed by atoms with Crippen molar-refractivity contribution in [3.8, 4) is 0 Å². The van der Waals surface area contributed by atoms with Crippen LogP contribution in [0, 0.1) is 5.92 Å². The molecule has 1 aromatic rings.